The molecule has 2 atom stereocenters. The number of amides is 1. The Morgan fingerprint density at radius 2 is 1.86 bits per heavy atom. The first-order valence-corrected chi connectivity index (χ1v) is 11.8. The highest BCUT2D eigenvalue weighted by Gasteiger charge is 2.33. The predicted molar refractivity (Wildman–Crippen MR) is 115 cm³/mol. The molecule has 4 heteroatoms. The van der Waals surface area contributed by atoms with Gasteiger partial charge < -0.3 is 14.4 Å². The summed E-state index contributed by atoms with van der Waals surface area (Å²) in [6, 6.07) is 9.03. The fourth-order valence-electron chi connectivity index (χ4n) is 5.23. The second-order valence-electron chi connectivity index (χ2n) is 9.16. The van der Waals surface area contributed by atoms with Crippen LogP contribution in [0.3, 0.4) is 0 Å². The molecule has 1 aromatic rings. The Hall–Kier alpha value is -1.39. The van der Waals surface area contributed by atoms with Crippen molar-refractivity contribution in [3.05, 3.63) is 35.4 Å². The van der Waals surface area contributed by atoms with Crippen molar-refractivity contribution >= 4 is 5.91 Å². The van der Waals surface area contributed by atoms with Crippen molar-refractivity contribution in [2.24, 2.45) is 5.92 Å². The maximum atomic E-state index is 13.2. The van der Waals surface area contributed by atoms with Gasteiger partial charge in [-0.25, -0.2) is 0 Å². The van der Waals surface area contributed by atoms with E-state index in [-0.39, 0.29) is 5.92 Å². The van der Waals surface area contributed by atoms with Crippen LogP contribution in [-0.4, -0.2) is 49.3 Å². The minimum Gasteiger partial charge on any atom is -0.376 e. The van der Waals surface area contributed by atoms with Gasteiger partial charge in [-0.1, -0.05) is 31.2 Å². The highest BCUT2D eigenvalue weighted by atomic mass is 16.5. The Labute approximate surface area is 175 Å². The highest BCUT2D eigenvalue weighted by molar-refractivity contribution is 5.79. The Balaban J connectivity index is 1.24. The van der Waals surface area contributed by atoms with Crippen molar-refractivity contribution in [3.63, 3.8) is 0 Å². The predicted octanol–water partition coefficient (Wildman–Crippen LogP) is 4.71. The summed E-state index contributed by atoms with van der Waals surface area (Å²) in [4.78, 5) is 15.3. The van der Waals surface area contributed by atoms with E-state index >= 15 is 0 Å². The van der Waals surface area contributed by atoms with Crippen LogP contribution in [0.1, 0.15) is 75.3 Å². The summed E-state index contributed by atoms with van der Waals surface area (Å²) in [6.45, 7) is 5.62. The van der Waals surface area contributed by atoms with Crippen LogP contribution in [0.25, 0.3) is 0 Å². The number of hydrogen-bond donors (Lipinski definition) is 0. The van der Waals surface area contributed by atoms with Crippen LogP contribution in [0.2, 0.25) is 0 Å². The smallest absolute Gasteiger partial charge is 0.225 e. The first-order valence-electron chi connectivity index (χ1n) is 11.8. The van der Waals surface area contributed by atoms with Crippen molar-refractivity contribution in [1.29, 1.82) is 0 Å². The van der Waals surface area contributed by atoms with Crippen LogP contribution in [0.4, 0.5) is 0 Å². The molecule has 1 aliphatic carbocycles. The average molecular weight is 400 g/mol. The lowest BCUT2D eigenvalue weighted by molar-refractivity contribution is -0.139. The van der Waals surface area contributed by atoms with E-state index in [1.54, 1.807) is 0 Å². The molecule has 29 heavy (non-hydrogen) atoms. The maximum Gasteiger partial charge on any atom is 0.225 e. The number of likely N-dealkylation sites (tertiary alicyclic amines) is 1. The fourth-order valence-corrected chi connectivity index (χ4v) is 5.23. The molecular formula is C25H37NO3. The van der Waals surface area contributed by atoms with Gasteiger partial charge in [0.15, 0.2) is 0 Å². The van der Waals surface area contributed by atoms with Crippen molar-refractivity contribution in [2.75, 3.05) is 26.3 Å². The van der Waals surface area contributed by atoms with Crippen LogP contribution in [0.15, 0.2) is 24.3 Å². The van der Waals surface area contributed by atoms with Crippen LogP contribution < -0.4 is 0 Å². The van der Waals surface area contributed by atoms with E-state index in [9.17, 15) is 4.79 Å². The molecule has 0 spiro atoms. The second kappa shape index (κ2) is 10.1. The monoisotopic (exact) mass is 399 g/mol. The van der Waals surface area contributed by atoms with Crippen molar-refractivity contribution in [1.82, 2.24) is 4.90 Å². The van der Waals surface area contributed by atoms with Gasteiger partial charge in [0.1, 0.15) is 0 Å². The second-order valence-corrected chi connectivity index (χ2v) is 9.16. The Kier molecular flexibility index (Phi) is 7.25. The van der Waals surface area contributed by atoms with Gasteiger partial charge in [0.05, 0.1) is 18.8 Å². The van der Waals surface area contributed by atoms with Crippen molar-refractivity contribution in [2.45, 2.75) is 82.8 Å². The van der Waals surface area contributed by atoms with Gasteiger partial charge in [-0.2, -0.15) is 0 Å². The quantitative estimate of drug-likeness (QED) is 0.695. The van der Waals surface area contributed by atoms with Crippen molar-refractivity contribution < 1.29 is 14.3 Å². The summed E-state index contributed by atoms with van der Waals surface area (Å²) >= 11 is 0. The number of carbonyl (C=O) groups is 1. The molecule has 0 N–H and O–H groups in total. The van der Waals surface area contributed by atoms with E-state index in [0.29, 0.717) is 24.0 Å². The van der Waals surface area contributed by atoms with Gasteiger partial charge in [-0.3, -0.25) is 4.79 Å². The molecule has 1 saturated carbocycles. The molecule has 3 aliphatic rings. The van der Waals surface area contributed by atoms with Crippen LogP contribution in [0, 0.1) is 5.92 Å². The number of nitrogens with zero attached hydrogens (tertiary/aromatic N) is 1. The summed E-state index contributed by atoms with van der Waals surface area (Å²) in [5.41, 5.74) is 2.78. The van der Waals surface area contributed by atoms with Crippen molar-refractivity contribution in [3.8, 4) is 0 Å². The third-order valence-corrected chi connectivity index (χ3v) is 7.16. The third kappa shape index (κ3) is 5.40. The molecule has 4 nitrogen and oxygen atoms in total. The molecule has 2 unspecified atom stereocenters. The zero-order valence-electron chi connectivity index (χ0n) is 18.0. The lowest BCUT2D eigenvalue weighted by Crippen LogP contribution is -2.43. The molecule has 2 heterocycles. The Morgan fingerprint density at radius 3 is 2.55 bits per heavy atom. The summed E-state index contributed by atoms with van der Waals surface area (Å²) in [7, 11) is 0. The molecule has 1 aromatic carbocycles. The SMILES string of the molecule is CCc1ccc(C2CCCN(C(=O)C3CCC(OCC4CCCO4)CC3)C2)cc1. The number of piperidine rings is 1. The standard InChI is InChI=1S/C25H37NO3/c1-2-19-7-9-20(10-8-19)22-5-3-15-26(17-22)25(27)21-11-13-23(14-12-21)29-18-24-6-4-16-28-24/h7-10,21-24H,2-6,11-18H2,1H3. The van der Waals surface area contributed by atoms with Gasteiger partial charge in [0.2, 0.25) is 5.91 Å². The molecule has 4 rings (SSSR count). The lowest BCUT2D eigenvalue weighted by atomic mass is 9.84. The molecule has 0 radical (unpaired) electrons. The molecule has 3 fully saturated rings. The van der Waals surface area contributed by atoms with E-state index in [0.717, 1.165) is 77.7 Å². The first-order chi connectivity index (χ1) is 14.2. The molecule has 1 amide bonds. The highest BCUT2D eigenvalue weighted by Crippen LogP contribution is 2.32. The summed E-state index contributed by atoms with van der Waals surface area (Å²) in [5.74, 6) is 1.07. The van der Waals surface area contributed by atoms with Crippen LogP contribution >= 0.6 is 0 Å². The molecule has 2 saturated heterocycles. The van der Waals surface area contributed by atoms with E-state index in [2.05, 4.69) is 36.1 Å². The van der Waals surface area contributed by atoms with E-state index in [4.69, 9.17) is 9.47 Å². The van der Waals surface area contributed by atoms with E-state index in [1.165, 1.54) is 17.5 Å². The lowest BCUT2D eigenvalue weighted by Gasteiger charge is -2.37. The topological polar surface area (TPSA) is 38.8 Å². The molecular weight excluding hydrogens is 362 g/mol. The number of rotatable bonds is 6. The molecule has 2 aliphatic heterocycles. The average Bonchev–Trinajstić information content (AvgIpc) is 3.31. The van der Waals surface area contributed by atoms with E-state index < -0.39 is 0 Å². The maximum absolute atomic E-state index is 13.2. The van der Waals surface area contributed by atoms with Gasteiger partial charge in [0.25, 0.3) is 0 Å². The fraction of sp³-hybridized carbons (Fsp3) is 0.720. The summed E-state index contributed by atoms with van der Waals surface area (Å²) in [5, 5.41) is 0. The number of hydrogen-bond acceptors (Lipinski definition) is 3. The van der Waals surface area contributed by atoms with Gasteiger partial charge in [0, 0.05) is 31.5 Å². The number of ether oxygens (including phenoxy) is 2. The van der Waals surface area contributed by atoms with Gasteiger partial charge in [-0.15, -0.1) is 0 Å². The zero-order valence-corrected chi connectivity index (χ0v) is 18.0. The third-order valence-electron chi connectivity index (χ3n) is 7.16. The van der Waals surface area contributed by atoms with Crippen LogP contribution in [0.5, 0.6) is 0 Å². The summed E-state index contributed by atoms with van der Waals surface area (Å²) < 4.78 is 11.7. The largest absolute Gasteiger partial charge is 0.376 e. The van der Waals surface area contributed by atoms with Gasteiger partial charge >= 0.3 is 0 Å². The normalized spacial score (nSPS) is 30.4. The van der Waals surface area contributed by atoms with Crippen LogP contribution in [-0.2, 0) is 20.7 Å². The Bertz CT molecular complexity index is 645. The molecule has 0 aromatic heterocycles. The zero-order chi connectivity index (χ0) is 20.1. The molecule has 0 bridgehead atoms. The van der Waals surface area contributed by atoms with Gasteiger partial charge in [-0.05, 0) is 68.9 Å². The van der Waals surface area contributed by atoms with E-state index in [1.807, 2.05) is 0 Å². The number of carbonyl (C=O) groups excluding carboxylic acids is 1. The summed E-state index contributed by atoms with van der Waals surface area (Å²) in [6.07, 6.45) is 10.3. The Morgan fingerprint density at radius 1 is 1.07 bits per heavy atom. The minimum absolute atomic E-state index is 0.193. The first kappa shape index (κ1) is 20.9. The minimum atomic E-state index is 0.193. The number of aryl methyl sites for hydroxylation is 1. The number of benzene rings is 1. The molecule has 160 valence electrons.